The van der Waals surface area contributed by atoms with Gasteiger partial charge >= 0.3 is 0 Å². The molecule has 2 aliphatic rings. The van der Waals surface area contributed by atoms with Crippen molar-refractivity contribution in [2.24, 2.45) is 5.92 Å². The van der Waals surface area contributed by atoms with Gasteiger partial charge in [0.1, 0.15) is 5.78 Å². The summed E-state index contributed by atoms with van der Waals surface area (Å²) >= 11 is 0. The molecule has 0 aromatic rings. The first-order chi connectivity index (χ1) is 5.27. The summed E-state index contributed by atoms with van der Waals surface area (Å²) < 4.78 is 0. The van der Waals surface area contributed by atoms with Gasteiger partial charge in [-0.3, -0.25) is 9.59 Å². The van der Waals surface area contributed by atoms with E-state index < -0.39 is 0 Å². The predicted molar refractivity (Wildman–Crippen MR) is 40.1 cm³/mol. The molecule has 1 saturated carbocycles. The quantitative estimate of drug-likeness (QED) is 0.521. The average molecular weight is 150 g/mol. The highest BCUT2D eigenvalue weighted by Gasteiger charge is 2.32. The first-order valence-corrected chi connectivity index (χ1v) is 4.03. The number of carbonyl (C=O) groups is 2. The maximum atomic E-state index is 11.2. The number of fused-ring (bicyclic) bond motifs is 1. The van der Waals surface area contributed by atoms with Gasteiger partial charge in [0.25, 0.3) is 0 Å². The monoisotopic (exact) mass is 150 g/mol. The zero-order valence-corrected chi connectivity index (χ0v) is 6.30. The molecule has 0 aliphatic heterocycles. The maximum Gasteiger partial charge on any atom is 0.155 e. The van der Waals surface area contributed by atoms with Crippen LogP contribution in [0.3, 0.4) is 0 Å². The minimum absolute atomic E-state index is 0.118. The van der Waals surface area contributed by atoms with Crippen molar-refractivity contribution in [1.82, 2.24) is 0 Å². The van der Waals surface area contributed by atoms with Crippen LogP contribution in [0.2, 0.25) is 0 Å². The van der Waals surface area contributed by atoms with Gasteiger partial charge in [-0.2, -0.15) is 0 Å². The lowest BCUT2D eigenvalue weighted by Gasteiger charge is -2.13. The van der Waals surface area contributed by atoms with Crippen LogP contribution in [0.1, 0.15) is 25.7 Å². The molecule has 11 heavy (non-hydrogen) atoms. The minimum atomic E-state index is 0.118. The van der Waals surface area contributed by atoms with E-state index in [-0.39, 0.29) is 11.7 Å². The molecule has 0 saturated heterocycles. The standard InChI is InChI=1S/C9H10O2/c10-7-2-3-8-6(5-7)1-4-9(8)11/h5,8H,1-4H2/t8-/m0/s1. The zero-order valence-electron chi connectivity index (χ0n) is 6.30. The molecular weight excluding hydrogens is 140 g/mol. The minimum Gasteiger partial charge on any atom is -0.299 e. The van der Waals surface area contributed by atoms with Crippen molar-refractivity contribution in [3.05, 3.63) is 11.6 Å². The van der Waals surface area contributed by atoms with Gasteiger partial charge in [0, 0.05) is 18.8 Å². The molecule has 0 bridgehead atoms. The summed E-state index contributed by atoms with van der Waals surface area (Å²) in [6.45, 7) is 0. The Morgan fingerprint density at radius 1 is 1.18 bits per heavy atom. The second-order valence-corrected chi connectivity index (χ2v) is 3.24. The molecule has 2 heteroatoms. The van der Waals surface area contributed by atoms with Gasteiger partial charge in [-0.15, -0.1) is 0 Å². The van der Waals surface area contributed by atoms with Crippen LogP contribution in [0, 0.1) is 5.92 Å². The van der Waals surface area contributed by atoms with E-state index in [1.807, 2.05) is 0 Å². The van der Waals surface area contributed by atoms with Gasteiger partial charge in [-0.1, -0.05) is 5.57 Å². The molecule has 0 aromatic heterocycles. The summed E-state index contributed by atoms with van der Waals surface area (Å²) in [6, 6.07) is 0. The van der Waals surface area contributed by atoms with Crippen LogP contribution >= 0.6 is 0 Å². The molecule has 0 aromatic carbocycles. The van der Waals surface area contributed by atoms with Crippen LogP contribution in [-0.2, 0) is 9.59 Å². The van der Waals surface area contributed by atoms with E-state index in [4.69, 9.17) is 0 Å². The number of hydrogen-bond donors (Lipinski definition) is 0. The Labute approximate surface area is 65.3 Å². The number of carbonyl (C=O) groups excluding carboxylic acids is 2. The smallest absolute Gasteiger partial charge is 0.155 e. The third-order valence-corrected chi connectivity index (χ3v) is 2.52. The van der Waals surface area contributed by atoms with Gasteiger partial charge in [0.05, 0.1) is 0 Å². The lowest BCUT2D eigenvalue weighted by Crippen LogP contribution is -2.15. The molecule has 0 unspecified atom stereocenters. The lowest BCUT2D eigenvalue weighted by molar-refractivity contribution is -0.121. The number of rotatable bonds is 0. The third kappa shape index (κ3) is 1.02. The number of hydrogen-bond acceptors (Lipinski definition) is 2. The fourth-order valence-corrected chi connectivity index (χ4v) is 1.91. The fourth-order valence-electron chi connectivity index (χ4n) is 1.91. The van der Waals surface area contributed by atoms with Crippen molar-refractivity contribution in [3.63, 3.8) is 0 Å². The fraction of sp³-hybridized carbons (Fsp3) is 0.556. The van der Waals surface area contributed by atoms with Crippen molar-refractivity contribution >= 4 is 11.6 Å². The first-order valence-electron chi connectivity index (χ1n) is 4.03. The molecular formula is C9H10O2. The van der Waals surface area contributed by atoms with E-state index in [1.54, 1.807) is 6.08 Å². The molecule has 2 nitrogen and oxygen atoms in total. The van der Waals surface area contributed by atoms with E-state index in [1.165, 1.54) is 0 Å². The lowest BCUT2D eigenvalue weighted by atomic mass is 9.89. The SMILES string of the molecule is O=C1C=C2CCC(=O)[C@H]2CC1. The molecule has 2 aliphatic carbocycles. The van der Waals surface area contributed by atoms with Gasteiger partial charge in [-0.25, -0.2) is 0 Å². The highest BCUT2D eigenvalue weighted by Crippen LogP contribution is 2.34. The van der Waals surface area contributed by atoms with Crippen molar-refractivity contribution in [2.45, 2.75) is 25.7 Å². The summed E-state index contributed by atoms with van der Waals surface area (Å²) in [5, 5.41) is 0. The van der Waals surface area contributed by atoms with Crippen LogP contribution in [0.4, 0.5) is 0 Å². The Hall–Kier alpha value is -0.920. The van der Waals surface area contributed by atoms with Gasteiger partial charge in [-0.05, 0) is 18.9 Å². The van der Waals surface area contributed by atoms with Gasteiger partial charge in [0.15, 0.2) is 5.78 Å². The normalized spacial score (nSPS) is 30.2. The molecule has 0 radical (unpaired) electrons. The van der Waals surface area contributed by atoms with Crippen molar-refractivity contribution in [2.75, 3.05) is 0 Å². The van der Waals surface area contributed by atoms with E-state index in [2.05, 4.69) is 0 Å². The highest BCUT2D eigenvalue weighted by atomic mass is 16.1. The van der Waals surface area contributed by atoms with Crippen molar-refractivity contribution in [3.8, 4) is 0 Å². The van der Waals surface area contributed by atoms with Crippen molar-refractivity contribution in [1.29, 1.82) is 0 Å². The zero-order chi connectivity index (χ0) is 7.84. The number of allylic oxidation sites excluding steroid dienone is 2. The van der Waals surface area contributed by atoms with E-state index >= 15 is 0 Å². The van der Waals surface area contributed by atoms with E-state index in [9.17, 15) is 9.59 Å². The Balaban J connectivity index is 2.31. The molecule has 1 fully saturated rings. The Morgan fingerprint density at radius 2 is 2.00 bits per heavy atom. The Bertz CT molecular complexity index is 250. The predicted octanol–water partition coefficient (Wildman–Crippen LogP) is 1.25. The Kier molecular flexibility index (Phi) is 1.41. The van der Waals surface area contributed by atoms with Crippen LogP contribution in [-0.4, -0.2) is 11.6 Å². The van der Waals surface area contributed by atoms with Gasteiger partial charge in [0.2, 0.25) is 0 Å². The first kappa shape index (κ1) is 6.77. The number of ketones is 2. The second-order valence-electron chi connectivity index (χ2n) is 3.24. The summed E-state index contributed by atoms with van der Waals surface area (Å²) in [7, 11) is 0. The third-order valence-electron chi connectivity index (χ3n) is 2.52. The summed E-state index contributed by atoms with van der Waals surface area (Å²) in [4.78, 5) is 22.1. The maximum absolute atomic E-state index is 11.2. The molecule has 0 spiro atoms. The molecule has 58 valence electrons. The molecule has 0 N–H and O–H groups in total. The van der Waals surface area contributed by atoms with E-state index in [0.29, 0.717) is 18.6 Å². The summed E-state index contributed by atoms with van der Waals surface area (Å²) in [5.41, 5.74) is 1.09. The Morgan fingerprint density at radius 3 is 2.82 bits per heavy atom. The van der Waals surface area contributed by atoms with E-state index in [0.717, 1.165) is 18.4 Å². The van der Waals surface area contributed by atoms with Crippen LogP contribution in [0.25, 0.3) is 0 Å². The summed E-state index contributed by atoms with van der Waals surface area (Å²) in [5.74, 6) is 0.655. The summed E-state index contributed by atoms with van der Waals surface area (Å²) in [6.07, 6.45) is 4.50. The molecule has 0 heterocycles. The van der Waals surface area contributed by atoms with Crippen LogP contribution < -0.4 is 0 Å². The molecule has 1 atom stereocenters. The highest BCUT2D eigenvalue weighted by molar-refractivity contribution is 5.97. The van der Waals surface area contributed by atoms with Gasteiger partial charge < -0.3 is 0 Å². The van der Waals surface area contributed by atoms with Crippen molar-refractivity contribution < 1.29 is 9.59 Å². The second kappa shape index (κ2) is 2.29. The topological polar surface area (TPSA) is 34.1 Å². The average Bonchev–Trinajstić information content (AvgIpc) is 2.32. The largest absolute Gasteiger partial charge is 0.299 e. The van der Waals surface area contributed by atoms with Crippen LogP contribution in [0.15, 0.2) is 11.6 Å². The molecule has 0 amide bonds. The number of Topliss-reactive ketones (excluding diaryl/α,β-unsaturated/α-hetero) is 1. The van der Waals surface area contributed by atoms with Crippen LogP contribution in [0.5, 0.6) is 0 Å². The molecule has 2 rings (SSSR count).